The van der Waals surface area contributed by atoms with E-state index in [2.05, 4.69) is 10.1 Å². The third kappa shape index (κ3) is 3.11. The summed E-state index contributed by atoms with van der Waals surface area (Å²) in [6.45, 7) is 6.66. The van der Waals surface area contributed by atoms with Crippen molar-refractivity contribution in [1.29, 1.82) is 0 Å². The van der Waals surface area contributed by atoms with Gasteiger partial charge in [0.25, 0.3) is 16.7 Å². The standard InChI is InChI=1S/C17H14Cl2N4O4/c1-7-5-11(6-12(8(7)2)23(25)26)17-20-16(21-27-17)13-9(3)14(18)10(4)22(24)15(13)19/h5-6H,1-4H3. The number of rotatable bonds is 3. The highest BCUT2D eigenvalue weighted by Crippen LogP contribution is 2.35. The highest BCUT2D eigenvalue weighted by Gasteiger charge is 2.27. The van der Waals surface area contributed by atoms with Gasteiger partial charge < -0.3 is 9.73 Å². The maximum absolute atomic E-state index is 12.2. The van der Waals surface area contributed by atoms with Crippen LogP contribution in [0.3, 0.4) is 0 Å². The predicted octanol–water partition coefficient (Wildman–Crippen LogP) is 4.49. The molecule has 0 amide bonds. The van der Waals surface area contributed by atoms with Crippen LogP contribution in [0.5, 0.6) is 0 Å². The van der Waals surface area contributed by atoms with E-state index in [1.165, 1.54) is 6.07 Å². The molecule has 1 aromatic carbocycles. The van der Waals surface area contributed by atoms with Crippen molar-refractivity contribution in [3.05, 3.63) is 60.0 Å². The number of aromatic nitrogens is 3. The van der Waals surface area contributed by atoms with Gasteiger partial charge in [0.05, 0.1) is 4.92 Å². The van der Waals surface area contributed by atoms with Gasteiger partial charge in [0.15, 0.2) is 0 Å². The molecule has 2 heterocycles. The molecule has 0 N–H and O–H groups in total. The summed E-state index contributed by atoms with van der Waals surface area (Å²) in [7, 11) is 0. The van der Waals surface area contributed by atoms with E-state index in [1.807, 2.05) is 0 Å². The fourth-order valence-corrected chi connectivity index (χ4v) is 3.25. The van der Waals surface area contributed by atoms with Gasteiger partial charge in [-0.2, -0.15) is 9.71 Å². The third-order valence-corrected chi connectivity index (χ3v) is 5.34. The molecule has 2 aromatic heterocycles. The van der Waals surface area contributed by atoms with Gasteiger partial charge in [-0.05, 0) is 49.6 Å². The molecule has 0 aliphatic carbocycles. The summed E-state index contributed by atoms with van der Waals surface area (Å²) in [5, 5.41) is 27.4. The Morgan fingerprint density at radius 2 is 1.81 bits per heavy atom. The molecular formula is C17H14Cl2N4O4. The summed E-state index contributed by atoms with van der Waals surface area (Å²) in [5.74, 6) is 0.140. The normalized spacial score (nSPS) is 11.0. The van der Waals surface area contributed by atoms with Crippen molar-refractivity contribution in [2.45, 2.75) is 27.7 Å². The van der Waals surface area contributed by atoms with Gasteiger partial charge in [0.1, 0.15) is 10.6 Å². The number of nitrogens with zero attached hydrogens (tertiary/aromatic N) is 4. The minimum absolute atomic E-state index is 0.0465. The molecule has 0 spiro atoms. The Balaban J connectivity index is 2.17. The van der Waals surface area contributed by atoms with Crippen LogP contribution in [0, 0.1) is 43.0 Å². The zero-order valence-electron chi connectivity index (χ0n) is 14.8. The largest absolute Gasteiger partial charge is 0.617 e. The molecule has 0 atom stereocenters. The molecule has 0 saturated carbocycles. The second-order valence-corrected chi connectivity index (χ2v) is 6.84. The lowest BCUT2D eigenvalue weighted by Gasteiger charge is -2.10. The van der Waals surface area contributed by atoms with Crippen molar-refractivity contribution in [2.24, 2.45) is 0 Å². The Labute approximate surface area is 164 Å². The molecule has 0 fully saturated rings. The van der Waals surface area contributed by atoms with E-state index in [4.69, 9.17) is 27.7 Å². The maximum Gasteiger partial charge on any atom is 0.298 e. The molecule has 0 radical (unpaired) electrons. The Morgan fingerprint density at radius 3 is 2.44 bits per heavy atom. The van der Waals surface area contributed by atoms with E-state index in [0.29, 0.717) is 27.0 Å². The van der Waals surface area contributed by atoms with E-state index >= 15 is 0 Å². The molecule has 3 rings (SSSR count). The van der Waals surface area contributed by atoms with Crippen LogP contribution in [-0.2, 0) is 0 Å². The number of halogens is 2. The SMILES string of the molecule is Cc1cc(-c2nc(-c3c(C)c(Cl)c(C)[n+]([O-])c3Cl)no2)cc([N+](=O)[O-])c1C. The first-order valence-corrected chi connectivity index (χ1v) is 8.56. The summed E-state index contributed by atoms with van der Waals surface area (Å²) in [6.07, 6.45) is 0. The fourth-order valence-electron chi connectivity index (χ4n) is 2.73. The lowest BCUT2D eigenvalue weighted by Crippen LogP contribution is -2.33. The monoisotopic (exact) mass is 408 g/mol. The minimum Gasteiger partial charge on any atom is -0.617 e. The van der Waals surface area contributed by atoms with Crippen molar-refractivity contribution in [1.82, 2.24) is 10.1 Å². The summed E-state index contributed by atoms with van der Waals surface area (Å²) in [5.41, 5.74) is 2.65. The summed E-state index contributed by atoms with van der Waals surface area (Å²) in [4.78, 5) is 15.0. The van der Waals surface area contributed by atoms with E-state index in [9.17, 15) is 15.3 Å². The minimum atomic E-state index is -0.468. The van der Waals surface area contributed by atoms with E-state index < -0.39 is 4.92 Å². The van der Waals surface area contributed by atoms with Gasteiger partial charge in [0.2, 0.25) is 11.5 Å². The van der Waals surface area contributed by atoms with E-state index in [0.717, 1.165) is 0 Å². The Kier molecular flexibility index (Phi) is 4.79. The van der Waals surface area contributed by atoms with Gasteiger partial charge in [-0.25, -0.2) is 0 Å². The van der Waals surface area contributed by atoms with E-state index in [-0.39, 0.29) is 38.8 Å². The van der Waals surface area contributed by atoms with Crippen molar-refractivity contribution in [2.75, 3.05) is 0 Å². The zero-order chi connectivity index (χ0) is 20.0. The predicted molar refractivity (Wildman–Crippen MR) is 99.8 cm³/mol. The Hall–Kier alpha value is -2.71. The van der Waals surface area contributed by atoms with Gasteiger partial charge in [-0.3, -0.25) is 10.1 Å². The molecule has 0 aliphatic rings. The van der Waals surface area contributed by atoms with Crippen LogP contribution in [0.15, 0.2) is 16.7 Å². The average molecular weight is 409 g/mol. The molecular weight excluding hydrogens is 395 g/mol. The van der Waals surface area contributed by atoms with Gasteiger partial charge >= 0.3 is 0 Å². The van der Waals surface area contributed by atoms with Gasteiger partial charge in [0, 0.05) is 24.1 Å². The number of aryl methyl sites for hydroxylation is 1. The molecule has 10 heteroatoms. The number of hydrogen-bond acceptors (Lipinski definition) is 6. The Bertz CT molecular complexity index is 1070. The third-order valence-electron chi connectivity index (χ3n) is 4.44. The lowest BCUT2D eigenvalue weighted by atomic mass is 10.0. The molecule has 8 nitrogen and oxygen atoms in total. The molecule has 3 aromatic rings. The van der Waals surface area contributed by atoms with Crippen molar-refractivity contribution in [3.63, 3.8) is 0 Å². The summed E-state index contributed by atoms with van der Waals surface area (Å²) >= 11 is 12.3. The van der Waals surface area contributed by atoms with Crippen LogP contribution in [0.25, 0.3) is 22.8 Å². The topological polar surface area (TPSA) is 109 Å². The molecule has 0 saturated heterocycles. The Morgan fingerprint density at radius 1 is 1.15 bits per heavy atom. The summed E-state index contributed by atoms with van der Waals surface area (Å²) in [6, 6.07) is 3.08. The first-order valence-electron chi connectivity index (χ1n) is 7.81. The maximum atomic E-state index is 12.2. The second-order valence-electron chi connectivity index (χ2n) is 6.10. The van der Waals surface area contributed by atoms with Crippen molar-refractivity contribution >= 4 is 28.9 Å². The molecule has 0 unspecified atom stereocenters. The van der Waals surface area contributed by atoms with Crippen LogP contribution in [-0.4, -0.2) is 15.1 Å². The number of benzene rings is 1. The first kappa shape index (κ1) is 19.1. The number of pyridine rings is 1. The van der Waals surface area contributed by atoms with Gasteiger partial charge in [-0.1, -0.05) is 16.8 Å². The smallest absolute Gasteiger partial charge is 0.298 e. The highest BCUT2D eigenvalue weighted by atomic mass is 35.5. The highest BCUT2D eigenvalue weighted by molar-refractivity contribution is 6.34. The lowest BCUT2D eigenvalue weighted by molar-refractivity contribution is -0.609. The molecule has 27 heavy (non-hydrogen) atoms. The number of nitro benzene ring substituents is 1. The average Bonchev–Trinajstić information content (AvgIpc) is 3.10. The zero-order valence-corrected chi connectivity index (χ0v) is 16.3. The van der Waals surface area contributed by atoms with Crippen LogP contribution >= 0.6 is 23.2 Å². The van der Waals surface area contributed by atoms with Gasteiger partial charge in [-0.15, -0.1) is 0 Å². The number of hydrogen-bond donors (Lipinski definition) is 0. The van der Waals surface area contributed by atoms with Crippen LogP contribution < -0.4 is 4.73 Å². The quantitative estimate of drug-likeness (QED) is 0.207. The fraction of sp³-hybridized carbons (Fsp3) is 0.235. The molecule has 0 aliphatic heterocycles. The molecule has 140 valence electrons. The van der Waals surface area contributed by atoms with Crippen molar-refractivity contribution < 1.29 is 14.2 Å². The number of nitro groups is 1. The first-order chi connectivity index (χ1) is 12.6. The van der Waals surface area contributed by atoms with E-state index in [1.54, 1.807) is 33.8 Å². The van der Waals surface area contributed by atoms with Crippen molar-refractivity contribution in [3.8, 4) is 22.8 Å². The van der Waals surface area contributed by atoms with Crippen LogP contribution in [0.1, 0.15) is 22.4 Å². The van der Waals surface area contributed by atoms with Crippen LogP contribution in [0.2, 0.25) is 10.2 Å². The summed E-state index contributed by atoms with van der Waals surface area (Å²) < 4.78 is 5.75. The molecule has 0 bridgehead atoms. The van der Waals surface area contributed by atoms with Crippen LogP contribution in [0.4, 0.5) is 5.69 Å². The second kappa shape index (κ2) is 6.79.